The lowest BCUT2D eigenvalue weighted by molar-refractivity contribution is 0.0429. The molecule has 0 saturated heterocycles. The molecule has 4 heterocycles. The zero-order valence-electron chi connectivity index (χ0n) is 37.4. The van der Waals surface area contributed by atoms with Gasteiger partial charge in [-0.25, -0.2) is 9.18 Å². The molecule has 5 aromatic rings. The third-order valence-electron chi connectivity index (χ3n) is 12.4. The summed E-state index contributed by atoms with van der Waals surface area (Å²) < 4.78 is 39.8. The highest BCUT2D eigenvalue weighted by atomic mass is 32.1. The zero-order chi connectivity index (χ0) is 42.1. The molecule has 0 radical (unpaired) electrons. The number of halogens is 1. The minimum Gasteiger partial charge on any atom is -0.491 e. The van der Waals surface area contributed by atoms with Crippen molar-refractivity contribution in [3.8, 4) is 21.3 Å². The van der Waals surface area contributed by atoms with Crippen LogP contribution in [0.25, 0.3) is 40.0 Å². The Morgan fingerprint density at radius 3 is 1.71 bits per heavy atom. The Bertz CT molecular complexity index is 2010. The molecule has 0 bridgehead atoms. The molecule has 4 nitrogen and oxygen atoms in total. The lowest BCUT2D eigenvalue weighted by Crippen LogP contribution is -2.15. The van der Waals surface area contributed by atoms with Crippen LogP contribution in [0.1, 0.15) is 185 Å². The third-order valence-corrected chi connectivity index (χ3v) is 18.0. The molecule has 0 aliphatic carbocycles. The highest BCUT2D eigenvalue weighted by Gasteiger charge is 2.34. The number of unbranched alkanes of at least 4 members (excludes halogenated alkanes) is 3. The number of benzene rings is 1. The average molecular weight is 871 g/mol. The monoisotopic (exact) mass is 870 g/mol. The van der Waals surface area contributed by atoms with E-state index in [1.54, 1.807) is 22.7 Å². The van der Waals surface area contributed by atoms with Crippen LogP contribution in [-0.4, -0.2) is 25.8 Å². The second kappa shape index (κ2) is 21.5. The van der Waals surface area contributed by atoms with E-state index in [2.05, 4.69) is 88.3 Å². The summed E-state index contributed by atoms with van der Waals surface area (Å²) >= 11 is 6.51. The van der Waals surface area contributed by atoms with E-state index in [0.717, 1.165) is 109 Å². The molecule has 322 valence electrons. The van der Waals surface area contributed by atoms with Gasteiger partial charge in [-0.05, 0) is 66.9 Å². The van der Waals surface area contributed by atoms with Gasteiger partial charge < -0.3 is 14.2 Å². The highest BCUT2D eigenvalue weighted by Crippen LogP contribution is 2.56. The van der Waals surface area contributed by atoms with E-state index >= 15 is 4.39 Å². The molecule has 9 heteroatoms. The van der Waals surface area contributed by atoms with Crippen molar-refractivity contribution in [3.05, 3.63) is 32.6 Å². The van der Waals surface area contributed by atoms with Gasteiger partial charge in [-0.15, -0.1) is 45.3 Å². The number of fused-ring (bicyclic) bond motifs is 3. The average Bonchev–Trinajstić information content (AvgIpc) is 4.01. The van der Waals surface area contributed by atoms with Gasteiger partial charge in [-0.2, -0.15) is 0 Å². The molecule has 0 amide bonds. The fraction of sp³-hybridized carbons (Fsp3) is 0.653. The Morgan fingerprint density at radius 2 is 1.21 bits per heavy atom. The number of rotatable bonds is 25. The van der Waals surface area contributed by atoms with Crippen LogP contribution in [0.5, 0.6) is 11.5 Å². The molecular formula is C49H71FO4S4. The predicted molar refractivity (Wildman–Crippen MR) is 254 cm³/mol. The van der Waals surface area contributed by atoms with Crippen molar-refractivity contribution in [2.24, 2.45) is 17.8 Å². The van der Waals surface area contributed by atoms with Gasteiger partial charge >= 0.3 is 5.97 Å². The van der Waals surface area contributed by atoms with E-state index in [-0.39, 0.29) is 16.2 Å². The number of thiophene rings is 4. The van der Waals surface area contributed by atoms with Crippen molar-refractivity contribution >= 4 is 81.6 Å². The van der Waals surface area contributed by atoms with E-state index < -0.39 is 11.8 Å². The molecule has 1 aromatic carbocycles. The predicted octanol–water partition coefficient (Wildman–Crippen LogP) is 17.6. The van der Waals surface area contributed by atoms with E-state index in [1.165, 1.54) is 41.9 Å². The lowest BCUT2D eigenvalue weighted by atomic mass is 9.87. The summed E-state index contributed by atoms with van der Waals surface area (Å²) in [5.41, 5.74) is -0.284. The van der Waals surface area contributed by atoms with Gasteiger partial charge in [-0.1, -0.05) is 134 Å². The van der Waals surface area contributed by atoms with Gasteiger partial charge in [0, 0.05) is 30.8 Å². The molecule has 5 rings (SSSR count). The molecule has 0 N–H and O–H groups in total. The van der Waals surface area contributed by atoms with Gasteiger partial charge in [0.25, 0.3) is 0 Å². The Morgan fingerprint density at radius 1 is 0.690 bits per heavy atom. The summed E-state index contributed by atoms with van der Waals surface area (Å²) in [6.45, 7) is 26.1. The maximum Gasteiger partial charge on any atom is 0.351 e. The van der Waals surface area contributed by atoms with Crippen molar-refractivity contribution < 1.29 is 23.4 Å². The Labute approximate surface area is 365 Å². The van der Waals surface area contributed by atoms with Crippen LogP contribution in [0.2, 0.25) is 0 Å². The topological polar surface area (TPSA) is 44.8 Å². The standard InChI is InChI=1S/C49H71FO4S4/c1-12-19-22-31(15-4)27-52-40-34-25-36(30(8)9)55-42(34)41(53-28-32(16-5)23-20-13-2)35-26-37(56-43(35)40)44-45-38(47(58-44)49(10,11)18-7)39(50)46(57-45)48(51)54-29-33(17-6)24-21-14-3/h25-26,30-33H,12-24,27-29H2,1-11H3. The van der Waals surface area contributed by atoms with Gasteiger partial charge in [0.1, 0.15) is 16.4 Å². The molecule has 0 fully saturated rings. The minimum absolute atomic E-state index is 0.0869. The van der Waals surface area contributed by atoms with Crippen molar-refractivity contribution in [1.82, 2.24) is 0 Å². The van der Waals surface area contributed by atoms with Crippen molar-refractivity contribution in [2.45, 2.75) is 171 Å². The molecule has 58 heavy (non-hydrogen) atoms. The first-order valence-corrected chi connectivity index (χ1v) is 25.8. The van der Waals surface area contributed by atoms with Crippen molar-refractivity contribution in [1.29, 1.82) is 0 Å². The summed E-state index contributed by atoms with van der Waals surface area (Å²) in [5.74, 6) is 2.54. The van der Waals surface area contributed by atoms with Crippen LogP contribution in [0.15, 0.2) is 12.1 Å². The number of hydrogen-bond donors (Lipinski definition) is 0. The van der Waals surface area contributed by atoms with Gasteiger partial charge in [0.15, 0.2) is 5.82 Å². The van der Waals surface area contributed by atoms with Crippen LogP contribution in [0.3, 0.4) is 0 Å². The van der Waals surface area contributed by atoms with E-state index in [4.69, 9.17) is 14.2 Å². The summed E-state index contributed by atoms with van der Waals surface area (Å²) in [5, 5.41) is 2.79. The first-order valence-electron chi connectivity index (χ1n) is 22.6. The van der Waals surface area contributed by atoms with Crippen molar-refractivity contribution in [2.75, 3.05) is 19.8 Å². The zero-order valence-corrected chi connectivity index (χ0v) is 40.7. The largest absolute Gasteiger partial charge is 0.491 e. The van der Waals surface area contributed by atoms with Crippen LogP contribution in [0.4, 0.5) is 4.39 Å². The van der Waals surface area contributed by atoms with Gasteiger partial charge in [0.05, 0.1) is 38.8 Å². The molecule has 0 spiro atoms. The Hall–Kier alpha value is -2.20. The van der Waals surface area contributed by atoms with Gasteiger partial charge in [-0.3, -0.25) is 0 Å². The number of carbonyl (C=O) groups excluding carboxylic acids is 1. The van der Waals surface area contributed by atoms with E-state index in [1.807, 2.05) is 11.3 Å². The molecule has 0 aliphatic rings. The third kappa shape index (κ3) is 10.5. The van der Waals surface area contributed by atoms with Crippen LogP contribution < -0.4 is 9.47 Å². The second-order valence-electron chi connectivity index (χ2n) is 17.5. The normalized spacial score (nSPS) is 13.9. The van der Waals surface area contributed by atoms with E-state index in [0.29, 0.717) is 43.0 Å². The fourth-order valence-electron chi connectivity index (χ4n) is 7.66. The summed E-state index contributed by atoms with van der Waals surface area (Å²) in [4.78, 5) is 18.1. The maximum absolute atomic E-state index is 16.8. The van der Waals surface area contributed by atoms with E-state index in [9.17, 15) is 4.79 Å². The molecule has 0 aliphatic heterocycles. The minimum atomic E-state index is -0.545. The molecule has 0 saturated carbocycles. The smallest absolute Gasteiger partial charge is 0.351 e. The first kappa shape index (κ1) is 46.9. The van der Waals surface area contributed by atoms with Gasteiger partial charge in [0.2, 0.25) is 0 Å². The molecular weight excluding hydrogens is 800 g/mol. The number of esters is 1. The quantitative estimate of drug-likeness (QED) is 0.0548. The molecule has 3 atom stereocenters. The summed E-state index contributed by atoms with van der Waals surface area (Å²) in [7, 11) is 0. The lowest BCUT2D eigenvalue weighted by Gasteiger charge is -2.21. The highest BCUT2D eigenvalue weighted by molar-refractivity contribution is 7.31. The summed E-state index contributed by atoms with van der Waals surface area (Å²) in [6, 6.07) is 4.62. The molecule has 4 aromatic heterocycles. The Kier molecular flexibility index (Phi) is 17.4. The number of ether oxygens (including phenoxy) is 3. The number of hydrogen-bond acceptors (Lipinski definition) is 8. The first-order chi connectivity index (χ1) is 27.9. The van der Waals surface area contributed by atoms with Crippen LogP contribution in [0, 0.1) is 23.6 Å². The molecule has 3 unspecified atom stereocenters. The summed E-state index contributed by atoms with van der Waals surface area (Å²) in [6.07, 6.45) is 14.2. The van der Waals surface area contributed by atoms with Crippen LogP contribution >= 0.6 is 45.3 Å². The Balaban J connectivity index is 1.71. The van der Waals surface area contributed by atoms with Crippen molar-refractivity contribution in [3.63, 3.8) is 0 Å². The SMILES string of the molecule is CCCCC(CC)COC(=O)c1sc2c(-c3cc4c(OCC(CC)CCCC)c5sc(C(C)C)cc5c(OCC(CC)CCCC)c4s3)sc(C(C)(C)CC)c2c1F. The maximum atomic E-state index is 16.8. The number of carbonyl (C=O) groups is 1. The second-order valence-corrected chi connectivity index (χ2v) is 21.7. The van der Waals surface area contributed by atoms with Crippen LogP contribution in [-0.2, 0) is 10.2 Å². The fourth-order valence-corrected chi connectivity index (χ4v) is 12.9.